The Bertz CT molecular complexity index is 821. The van der Waals surface area contributed by atoms with Gasteiger partial charge in [-0.2, -0.15) is 0 Å². The van der Waals surface area contributed by atoms with Gasteiger partial charge >= 0.3 is 0 Å². The van der Waals surface area contributed by atoms with Crippen molar-refractivity contribution in [3.8, 4) is 5.75 Å². The molecule has 2 rings (SSSR count). The molecule has 0 aliphatic rings. The van der Waals surface area contributed by atoms with Crippen LogP contribution in [0.25, 0.3) is 0 Å². The Morgan fingerprint density at radius 2 is 2.10 bits per heavy atom. The van der Waals surface area contributed by atoms with Crippen molar-refractivity contribution in [1.29, 1.82) is 0 Å². The summed E-state index contributed by atoms with van der Waals surface area (Å²) in [7, 11) is -4.09. The van der Waals surface area contributed by atoms with Crippen molar-refractivity contribution in [2.24, 2.45) is 0 Å². The predicted octanol–water partition coefficient (Wildman–Crippen LogP) is 3.58. The second kappa shape index (κ2) is 5.79. The van der Waals surface area contributed by atoms with Crippen LogP contribution in [0.1, 0.15) is 0 Å². The molecule has 0 aliphatic carbocycles. The van der Waals surface area contributed by atoms with Gasteiger partial charge in [-0.15, -0.1) is 11.3 Å². The lowest BCUT2D eigenvalue weighted by Crippen LogP contribution is -2.11. The highest BCUT2D eigenvalue weighted by Crippen LogP contribution is 2.38. The Hall–Kier alpha value is -1.36. The number of nitrogens with one attached hydrogen (secondary N) is 1. The zero-order chi connectivity index (χ0) is 15.8. The third-order valence-electron chi connectivity index (χ3n) is 2.34. The first-order chi connectivity index (χ1) is 9.72. The number of phenols is 1. The topological polar surface area (TPSA) is 110 Å². The number of para-hydroxylation sites is 1. The van der Waals surface area contributed by atoms with E-state index < -0.39 is 20.6 Å². The quantitative estimate of drug-likeness (QED) is 0.452. The van der Waals surface area contributed by atoms with Crippen molar-refractivity contribution in [2.75, 3.05) is 4.72 Å². The maximum absolute atomic E-state index is 12.1. The van der Waals surface area contributed by atoms with Crippen molar-refractivity contribution in [3.63, 3.8) is 0 Å². The van der Waals surface area contributed by atoms with Gasteiger partial charge in [-0.1, -0.05) is 17.7 Å². The van der Waals surface area contributed by atoms with Crippen molar-refractivity contribution in [2.45, 2.75) is 4.21 Å². The molecule has 112 valence electrons. The third kappa shape index (κ3) is 3.28. The average molecular weight is 414 g/mol. The molecular weight excluding hydrogens is 408 g/mol. The molecule has 1 aromatic heterocycles. The van der Waals surface area contributed by atoms with Gasteiger partial charge in [-0.05, 0) is 28.1 Å². The number of phenolic OH excluding ortho intramolecular Hbond substituents is 1. The molecule has 2 aromatic rings. The number of aromatic hydroxyl groups is 1. The molecule has 1 aromatic carbocycles. The average Bonchev–Trinajstić information content (AvgIpc) is 2.78. The van der Waals surface area contributed by atoms with Gasteiger partial charge in [0, 0.05) is 6.07 Å². The van der Waals surface area contributed by atoms with Gasteiger partial charge in [0.15, 0.2) is 10.1 Å². The molecular formula is C10H6BrClN2O5S2. The normalized spacial score (nSPS) is 11.3. The van der Waals surface area contributed by atoms with E-state index in [1.807, 2.05) is 0 Å². The maximum atomic E-state index is 12.1. The van der Waals surface area contributed by atoms with Crippen molar-refractivity contribution < 1.29 is 18.4 Å². The van der Waals surface area contributed by atoms with Crippen LogP contribution < -0.4 is 4.72 Å². The molecule has 2 N–H and O–H groups in total. The monoisotopic (exact) mass is 412 g/mol. The van der Waals surface area contributed by atoms with E-state index in [0.717, 1.165) is 6.07 Å². The smallest absolute Gasteiger partial charge is 0.300 e. The number of nitro groups is 1. The molecule has 21 heavy (non-hydrogen) atoms. The van der Waals surface area contributed by atoms with Crippen LogP contribution in [0.15, 0.2) is 32.9 Å². The lowest BCUT2D eigenvalue weighted by molar-refractivity contribution is -0.384. The van der Waals surface area contributed by atoms with E-state index >= 15 is 0 Å². The van der Waals surface area contributed by atoms with Crippen LogP contribution in [0.4, 0.5) is 11.4 Å². The molecule has 0 bridgehead atoms. The lowest BCUT2D eigenvalue weighted by Gasteiger charge is -2.08. The predicted molar refractivity (Wildman–Crippen MR) is 82.6 cm³/mol. The largest absolute Gasteiger partial charge is 0.505 e. The highest BCUT2D eigenvalue weighted by molar-refractivity contribution is 9.10. The number of thiophene rings is 1. The standard InChI is InChI=1S/C10H6BrClN2O5S2/c11-5-2-1-3-6(9(5)15)13-21(18,19)8-4-7(14(16)17)10(12)20-8/h1-4,13,15H. The Morgan fingerprint density at radius 3 is 2.67 bits per heavy atom. The molecule has 0 radical (unpaired) electrons. The maximum Gasteiger partial charge on any atom is 0.300 e. The Morgan fingerprint density at radius 1 is 1.43 bits per heavy atom. The van der Waals surface area contributed by atoms with Gasteiger partial charge in [0.25, 0.3) is 15.7 Å². The number of sulfonamides is 1. The molecule has 0 aliphatic heterocycles. The summed E-state index contributed by atoms with van der Waals surface area (Å²) in [5.74, 6) is -0.293. The van der Waals surface area contributed by atoms with E-state index in [1.54, 1.807) is 0 Å². The summed E-state index contributed by atoms with van der Waals surface area (Å²) in [5.41, 5.74) is -0.544. The van der Waals surface area contributed by atoms with Gasteiger partial charge in [0.05, 0.1) is 15.1 Å². The van der Waals surface area contributed by atoms with Crippen LogP contribution in [0.5, 0.6) is 5.75 Å². The van der Waals surface area contributed by atoms with Crippen LogP contribution in [0.3, 0.4) is 0 Å². The number of halogens is 2. The summed E-state index contributed by atoms with van der Waals surface area (Å²) in [6.07, 6.45) is 0. The fraction of sp³-hybridized carbons (Fsp3) is 0. The summed E-state index contributed by atoms with van der Waals surface area (Å²) < 4.78 is 26.2. The SMILES string of the molecule is O=[N+]([O-])c1cc(S(=O)(=O)Nc2cccc(Br)c2O)sc1Cl. The van der Waals surface area contributed by atoms with Crippen molar-refractivity contribution in [3.05, 3.63) is 43.2 Å². The minimum atomic E-state index is -4.09. The Kier molecular flexibility index (Phi) is 4.42. The summed E-state index contributed by atoms with van der Waals surface area (Å²) in [6, 6.07) is 5.26. The minimum Gasteiger partial charge on any atom is -0.505 e. The van der Waals surface area contributed by atoms with E-state index in [2.05, 4.69) is 20.7 Å². The molecule has 7 nitrogen and oxygen atoms in total. The van der Waals surface area contributed by atoms with E-state index in [9.17, 15) is 23.6 Å². The van der Waals surface area contributed by atoms with Gasteiger partial charge in [-0.25, -0.2) is 8.42 Å². The summed E-state index contributed by atoms with van der Waals surface area (Å²) in [5, 5.41) is 20.4. The molecule has 0 saturated carbocycles. The number of benzene rings is 1. The number of anilines is 1. The van der Waals surface area contributed by atoms with Gasteiger partial charge in [0.1, 0.15) is 4.21 Å². The molecule has 0 spiro atoms. The van der Waals surface area contributed by atoms with Crippen molar-refractivity contribution in [1.82, 2.24) is 0 Å². The molecule has 11 heteroatoms. The second-order valence-electron chi connectivity index (χ2n) is 3.72. The second-order valence-corrected chi connectivity index (χ2v) is 8.14. The molecule has 0 unspecified atom stereocenters. The summed E-state index contributed by atoms with van der Waals surface area (Å²) in [4.78, 5) is 9.92. The highest BCUT2D eigenvalue weighted by Gasteiger charge is 2.26. The van der Waals surface area contributed by atoms with Crippen LogP contribution in [-0.4, -0.2) is 18.4 Å². The molecule has 0 fully saturated rings. The first kappa shape index (κ1) is 16.0. The Labute approximate surface area is 136 Å². The molecule has 0 amide bonds. The number of hydrogen-bond acceptors (Lipinski definition) is 6. The van der Waals surface area contributed by atoms with Gasteiger partial charge in [0.2, 0.25) is 0 Å². The molecule has 0 atom stereocenters. The molecule has 0 saturated heterocycles. The fourth-order valence-electron chi connectivity index (χ4n) is 1.39. The third-order valence-corrected chi connectivity index (χ3v) is 6.16. The van der Waals surface area contributed by atoms with Crippen molar-refractivity contribution >= 4 is 60.3 Å². The fourth-order valence-corrected chi connectivity index (χ4v) is 4.49. The summed E-state index contributed by atoms with van der Waals surface area (Å²) in [6.45, 7) is 0. The van der Waals surface area contributed by atoms with Crippen LogP contribution in [0, 0.1) is 10.1 Å². The Balaban J connectivity index is 2.41. The van der Waals surface area contributed by atoms with Gasteiger partial charge < -0.3 is 5.11 Å². The number of nitrogens with zero attached hydrogens (tertiary/aromatic N) is 1. The van der Waals surface area contributed by atoms with Crippen LogP contribution in [-0.2, 0) is 10.0 Å². The van der Waals surface area contributed by atoms with E-state index in [0.29, 0.717) is 15.8 Å². The number of hydrogen-bond donors (Lipinski definition) is 2. The van der Waals surface area contributed by atoms with Gasteiger partial charge in [-0.3, -0.25) is 14.8 Å². The highest BCUT2D eigenvalue weighted by atomic mass is 79.9. The first-order valence-corrected chi connectivity index (χ1v) is 8.63. The van der Waals surface area contributed by atoms with Crippen LogP contribution in [0.2, 0.25) is 4.34 Å². The van der Waals surface area contributed by atoms with E-state index in [4.69, 9.17) is 11.6 Å². The lowest BCUT2D eigenvalue weighted by atomic mass is 10.3. The first-order valence-electron chi connectivity index (χ1n) is 5.16. The zero-order valence-electron chi connectivity index (χ0n) is 9.91. The molecule has 1 heterocycles. The minimum absolute atomic E-state index is 0.0587. The van der Waals surface area contributed by atoms with E-state index in [1.165, 1.54) is 18.2 Å². The summed E-state index contributed by atoms with van der Waals surface area (Å²) >= 11 is 9.24. The van der Waals surface area contributed by atoms with E-state index in [-0.39, 0.29) is 20.0 Å². The zero-order valence-corrected chi connectivity index (χ0v) is 13.9. The number of rotatable bonds is 4. The van der Waals surface area contributed by atoms with Crippen LogP contribution >= 0.6 is 38.9 Å².